The van der Waals surface area contributed by atoms with Crippen LogP contribution in [-0.4, -0.2) is 20.0 Å². The van der Waals surface area contributed by atoms with E-state index in [0.717, 1.165) is 0 Å². The number of rotatable bonds is 5. The van der Waals surface area contributed by atoms with Gasteiger partial charge in [0.25, 0.3) is 0 Å². The molecule has 0 saturated heterocycles. The summed E-state index contributed by atoms with van der Waals surface area (Å²) >= 11 is 9.38. The normalized spacial score (nSPS) is 11.4. The molecule has 0 N–H and O–H groups in total. The lowest BCUT2D eigenvalue weighted by Gasteiger charge is -2.08. The predicted molar refractivity (Wildman–Crippen MR) is 92.2 cm³/mol. The molecule has 2 rings (SSSR count). The number of hydrogen-bond acceptors (Lipinski definition) is 3. The van der Waals surface area contributed by atoms with Crippen molar-refractivity contribution in [3.63, 3.8) is 0 Å². The Balaban J connectivity index is 2.35. The van der Waals surface area contributed by atoms with E-state index in [9.17, 15) is 13.2 Å². The van der Waals surface area contributed by atoms with Gasteiger partial charge in [-0.25, -0.2) is 8.42 Å². The lowest BCUT2D eigenvalue weighted by atomic mass is 10.0. The molecule has 0 aromatic heterocycles. The summed E-state index contributed by atoms with van der Waals surface area (Å²) in [6.07, 6.45) is 0. The number of hydrogen-bond donors (Lipinski definition) is 0. The fraction of sp³-hybridized carbons (Fsp3) is 0.188. The van der Waals surface area contributed by atoms with Crippen molar-refractivity contribution in [1.82, 2.24) is 0 Å². The fourth-order valence-electron chi connectivity index (χ4n) is 1.98. The van der Waals surface area contributed by atoms with Gasteiger partial charge in [0.15, 0.2) is 15.6 Å². The van der Waals surface area contributed by atoms with E-state index >= 15 is 0 Å². The minimum absolute atomic E-state index is 0.0390. The van der Waals surface area contributed by atoms with Crippen LogP contribution >= 0.6 is 27.5 Å². The van der Waals surface area contributed by atoms with Gasteiger partial charge in [0, 0.05) is 21.4 Å². The summed E-state index contributed by atoms with van der Waals surface area (Å²) in [7, 11) is -3.11. The average Bonchev–Trinajstić information content (AvgIpc) is 2.47. The highest BCUT2D eigenvalue weighted by molar-refractivity contribution is 9.10. The van der Waals surface area contributed by atoms with Crippen LogP contribution in [0.3, 0.4) is 0 Å². The SMILES string of the molecule is CCS(=O)(=O)Cc1ccc(C(=O)c2ccccc2Cl)c(Br)c1. The third-order valence-electron chi connectivity index (χ3n) is 3.22. The summed E-state index contributed by atoms with van der Waals surface area (Å²) in [5.74, 6) is -0.157. The molecule has 0 saturated carbocycles. The molecule has 116 valence electrons. The van der Waals surface area contributed by atoms with Gasteiger partial charge in [-0.15, -0.1) is 0 Å². The van der Waals surface area contributed by atoms with E-state index in [0.29, 0.717) is 26.2 Å². The minimum Gasteiger partial charge on any atom is -0.289 e. The van der Waals surface area contributed by atoms with Crippen molar-refractivity contribution in [1.29, 1.82) is 0 Å². The van der Waals surface area contributed by atoms with Crippen molar-refractivity contribution in [3.8, 4) is 0 Å². The standard InChI is InChI=1S/C16H14BrClO3S/c1-2-22(20,21)10-11-7-8-12(14(17)9-11)16(19)13-5-3-4-6-15(13)18/h3-9H,2,10H2,1H3. The second-order valence-corrected chi connectivity index (χ2v) is 8.41. The Labute approximate surface area is 143 Å². The number of carbonyl (C=O) groups excluding carboxylic acids is 1. The van der Waals surface area contributed by atoms with Crippen LogP contribution in [0.1, 0.15) is 28.4 Å². The van der Waals surface area contributed by atoms with E-state index in [-0.39, 0.29) is 17.3 Å². The molecule has 0 aliphatic carbocycles. The van der Waals surface area contributed by atoms with E-state index in [1.54, 1.807) is 49.4 Å². The first kappa shape index (κ1) is 17.2. The van der Waals surface area contributed by atoms with E-state index in [1.165, 1.54) is 0 Å². The lowest BCUT2D eigenvalue weighted by Crippen LogP contribution is -2.08. The van der Waals surface area contributed by atoms with Crippen LogP contribution in [0, 0.1) is 0 Å². The Morgan fingerprint density at radius 2 is 1.82 bits per heavy atom. The van der Waals surface area contributed by atoms with Crippen molar-refractivity contribution in [3.05, 3.63) is 68.7 Å². The third kappa shape index (κ3) is 3.97. The summed E-state index contributed by atoms with van der Waals surface area (Å²) in [5, 5.41) is 0.386. The maximum atomic E-state index is 12.5. The van der Waals surface area contributed by atoms with E-state index in [1.807, 2.05) is 0 Å². The lowest BCUT2D eigenvalue weighted by molar-refractivity contribution is 0.103. The number of sulfone groups is 1. The van der Waals surface area contributed by atoms with Crippen molar-refractivity contribution in [2.75, 3.05) is 5.75 Å². The highest BCUT2D eigenvalue weighted by atomic mass is 79.9. The predicted octanol–water partition coefficient (Wildman–Crippen LogP) is 4.27. The first-order valence-corrected chi connectivity index (χ1v) is 9.61. The molecule has 0 radical (unpaired) electrons. The van der Waals surface area contributed by atoms with Gasteiger partial charge in [0.2, 0.25) is 0 Å². The summed E-state index contributed by atoms with van der Waals surface area (Å²) in [6.45, 7) is 1.61. The molecule has 0 fully saturated rings. The summed E-state index contributed by atoms with van der Waals surface area (Å²) in [4.78, 5) is 12.5. The van der Waals surface area contributed by atoms with E-state index in [4.69, 9.17) is 11.6 Å². The highest BCUT2D eigenvalue weighted by Gasteiger charge is 2.17. The van der Waals surface area contributed by atoms with Crippen molar-refractivity contribution in [2.24, 2.45) is 0 Å². The Hall–Kier alpha value is -1.17. The molecule has 2 aromatic carbocycles. The van der Waals surface area contributed by atoms with Gasteiger partial charge in [0.1, 0.15) is 0 Å². The second-order valence-electron chi connectivity index (χ2n) is 4.80. The van der Waals surface area contributed by atoms with Gasteiger partial charge >= 0.3 is 0 Å². The van der Waals surface area contributed by atoms with Crippen molar-refractivity contribution in [2.45, 2.75) is 12.7 Å². The molecule has 0 spiro atoms. The topological polar surface area (TPSA) is 51.2 Å². The van der Waals surface area contributed by atoms with Crippen LogP contribution in [-0.2, 0) is 15.6 Å². The quantitative estimate of drug-likeness (QED) is 0.703. The summed E-state index contributed by atoms with van der Waals surface area (Å²) in [6, 6.07) is 11.8. The molecule has 22 heavy (non-hydrogen) atoms. The van der Waals surface area contributed by atoms with Gasteiger partial charge in [-0.2, -0.15) is 0 Å². The molecule has 0 heterocycles. The number of halogens is 2. The molecule has 0 unspecified atom stereocenters. The maximum Gasteiger partial charge on any atom is 0.195 e. The second kappa shape index (κ2) is 6.94. The molecule has 6 heteroatoms. The van der Waals surface area contributed by atoms with Crippen molar-refractivity contribution < 1.29 is 13.2 Å². The number of benzene rings is 2. The van der Waals surface area contributed by atoms with E-state index in [2.05, 4.69) is 15.9 Å². The zero-order valence-corrected chi connectivity index (χ0v) is 15.0. The molecule has 0 amide bonds. The van der Waals surface area contributed by atoms with E-state index < -0.39 is 9.84 Å². The molecular formula is C16H14BrClO3S. The van der Waals surface area contributed by atoms with Crippen LogP contribution in [0.4, 0.5) is 0 Å². The molecule has 0 aliphatic heterocycles. The van der Waals surface area contributed by atoms with Gasteiger partial charge in [-0.3, -0.25) is 4.79 Å². The van der Waals surface area contributed by atoms with Crippen LogP contribution < -0.4 is 0 Å². The summed E-state index contributed by atoms with van der Waals surface area (Å²) < 4.78 is 23.9. The Kier molecular flexibility index (Phi) is 5.42. The van der Waals surface area contributed by atoms with Gasteiger partial charge in [-0.05, 0) is 29.8 Å². The first-order chi connectivity index (χ1) is 10.3. The van der Waals surface area contributed by atoms with Gasteiger partial charge < -0.3 is 0 Å². The van der Waals surface area contributed by atoms with Crippen LogP contribution in [0.25, 0.3) is 0 Å². The molecule has 0 aliphatic rings. The monoisotopic (exact) mass is 400 g/mol. The molecule has 3 nitrogen and oxygen atoms in total. The van der Waals surface area contributed by atoms with Gasteiger partial charge in [0.05, 0.1) is 10.8 Å². The molecule has 2 aromatic rings. The Bertz CT molecular complexity index is 816. The number of ketones is 1. The average molecular weight is 402 g/mol. The van der Waals surface area contributed by atoms with Crippen LogP contribution in [0.5, 0.6) is 0 Å². The molecular weight excluding hydrogens is 388 g/mol. The maximum absolute atomic E-state index is 12.5. The first-order valence-electron chi connectivity index (χ1n) is 6.62. The Morgan fingerprint density at radius 1 is 1.14 bits per heavy atom. The highest BCUT2D eigenvalue weighted by Crippen LogP contribution is 2.25. The Morgan fingerprint density at radius 3 is 2.41 bits per heavy atom. The smallest absolute Gasteiger partial charge is 0.195 e. The minimum atomic E-state index is -3.11. The van der Waals surface area contributed by atoms with Crippen molar-refractivity contribution >= 4 is 43.2 Å². The zero-order chi connectivity index (χ0) is 16.3. The molecule has 0 bridgehead atoms. The fourth-order valence-corrected chi connectivity index (χ4v) is 3.70. The number of carbonyl (C=O) groups is 1. The zero-order valence-electron chi connectivity index (χ0n) is 11.8. The molecule has 0 atom stereocenters. The van der Waals surface area contributed by atoms with Crippen LogP contribution in [0.2, 0.25) is 5.02 Å². The summed E-state index contributed by atoms with van der Waals surface area (Å²) in [5.41, 5.74) is 1.51. The van der Waals surface area contributed by atoms with Crippen LogP contribution in [0.15, 0.2) is 46.9 Å². The third-order valence-corrected chi connectivity index (χ3v) is 5.86. The van der Waals surface area contributed by atoms with Gasteiger partial charge in [-0.1, -0.05) is 52.7 Å². The largest absolute Gasteiger partial charge is 0.289 e.